The van der Waals surface area contributed by atoms with E-state index in [2.05, 4.69) is 16.0 Å². The van der Waals surface area contributed by atoms with Gasteiger partial charge in [0.2, 0.25) is 5.91 Å². The zero-order valence-electron chi connectivity index (χ0n) is 14.6. The van der Waals surface area contributed by atoms with E-state index in [-0.39, 0.29) is 18.6 Å². The van der Waals surface area contributed by atoms with E-state index in [1.807, 2.05) is 49.4 Å². The summed E-state index contributed by atoms with van der Waals surface area (Å²) >= 11 is 0. The Morgan fingerprint density at radius 3 is 2.60 bits per heavy atom. The molecule has 0 fully saturated rings. The predicted octanol–water partition coefficient (Wildman–Crippen LogP) is 3.15. The number of imidazole rings is 1. The number of aliphatic hydroxyl groups excluding tert-OH is 1. The molecule has 3 rings (SSSR count). The van der Waals surface area contributed by atoms with Crippen molar-refractivity contribution in [2.75, 3.05) is 6.61 Å². The van der Waals surface area contributed by atoms with Gasteiger partial charge in [0, 0.05) is 25.6 Å². The Hall–Kier alpha value is -2.66. The summed E-state index contributed by atoms with van der Waals surface area (Å²) in [6.07, 6.45) is 1.40. The summed E-state index contributed by atoms with van der Waals surface area (Å²) in [6, 6.07) is 16.2. The van der Waals surface area contributed by atoms with Crippen LogP contribution in [0.5, 0.6) is 0 Å². The highest BCUT2D eigenvalue weighted by Crippen LogP contribution is 2.24. The lowest BCUT2D eigenvalue weighted by atomic mass is 10.1. The minimum atomic E-state index is -0.0385. The monoisotopic (exact) mass is 337 g/mol. The maximum atomic E-state index is 11.2. The summed E-state index contributed by atoms with van der Waals surface area (Å²) in [5, 5.41) is 12.1. The van der Waals surface area contributed by atoms with Gasteiger partial charge in [-0.25, -0.2) is 4.98 Å². The average Bonchev–Trinajstić information content (AvgIpc) is 2.97. The fourth-order valence-corrected chi connectivity index (χ4v) is 3.07. The van der Waals surface area contributed by atoms with E-state index in [1.165, 1.54) is 6.92 Å². The highest BCUT2D eigenvalue weighted by atomic mass is 16.2. The van der Waals surface area contributed by atoms with Crippen LogP contribution in [0.2, 0.25) is 0 Å². The van der Waals surface area contributed by atoms with Crippen LogP contribution in [0.25, 0.3) is 16.7 Å². The number of nitrogens with one attached hydrogen (secondary N) is 1. The van der Waals surface area contributed by atoms with Crippen molar-refractivity contribution in [2.24, 2.45) is 0 Å². The number of aryl methyl sites for hydroxylation is 1. The van der Waals surface area contributed by atoms with Gasteiger partial charge >= 0.3 is 0 Å². The van der Waals surface area contributed by atoms with Crippen molar-refractivity contribution in [1.29, 1.82) is 0 Å². The van der Waals surface area contributed by atoms with Gasteiger partial charge in [0.05, 0.1) is 17.1 Å². The molecular formula is C20H23N3O2. The fraction of sp³-hybridized carbons (Fsp3) is 0.300. The van der Waals surface area contributed by atoms with Crippen molar-refractivity contribution in [3.8, 4) is 5.69 Å². The number of aliphatic hydroxyl groups is 1. The van der Waals surface area contributed by atoms with Gasteiger partial charge in [0.1, 0.15) is 5.82 Å². The standard InChI is InChI=1S/C20H23N3O2/c1-14(21-15(2)25)16-9-11-17(12-10-16)23-19-7-4-3-6-18(19)22-20(23)8-5-13-24/h3-4,6-7,9-12,14,24H,5,8,13H2,1-2H3,(H,21,25). The lowest BCUT2D eigenvalue weighted by Gasteiger charge is -2.14. The molecule has 1 amide bonds. The van der Waals surface area contributed by atoms with Gasteiger partial charge in [0.15, 0.2) is 0 Å². The van der Waals surface area contributed by atoms with Crippen LogP contribution in [-0.4, -0.2) is 27.2 Å². The largest absolute Gasteiger partial charge is 0.396 e. The Balaban J connectivity index is 1.99. The van der Waals surface area contributed by atoms with Crippen molar-refractivity contribution in [3.63, 3.8) is 0 Å². The molecule has 5 nitrogen and oxygen atoms in total. The van der Waals surface area contributed by atoms with Gasteiger partial charge in [-0.15, -0.1) is 0 Å². The molecule has 0 aliphatic carbocycles. The third-order valence-corrected chi connectivity index (χ3v) is 4.26. The van der Waals surface area contributed by atoms with Crippen LogP contribution in [-0.2, 0) is 11.2 Å². The zero-order chi connectivity index (χ0) is 17.8. The summed E-state index contributed by atoms with van der Waals surface area (Å²) in [7, 11) is 0. The predicted molar refractivity (Wildman–Crippen MR) is 98.7 cm³/mol. The second kappa shape index (κ2) is 7.49. The van der Waals surface area contributed by atoms with Crippen LogP contribution in [0.1, 0.15) is 37.7 Å². The van der Waals surface area contributed by atoms with Gasteiger partial charge in [-0.1, -0.05) is 24.3 Å². The maximum Gasteiger partial charge on any atom is 0.217 e. The second-order valence-electron chi connectivity index (χ2n) is 6.19. The molecule has 3 aromatic rings. The van der Waals surface area contributed by atoms with Crippen LogP contribution in [0.4, 0.5) is 0 Å². The number of amides is 1. The molecule has 25 heavy (non-hydrogen) atoms. The van der Waals surface area contributed by atoms with Crippen molar-refractivity contribution < 1.29 is 9.90 Å². The first-order chi connectivity index (χ1) is 12.1. The number of fused-ring (bicyclic) bond motifs is 1. The van der Waals surface area contributed by atoms with E-state index < -0.39 is 0 Å². The Bertz CT molecular complexity index is 868. The first-order valence-electron chi connectivity index (χ1n) is 8.55. The van der Waals surface area contributed by atoms with Crippen molar-refractivity contribution >= 4 is 16.9 Å². The molecule has 1 atom stereocenters. The molecule has 130 valence electrons. The number of carbonyl (C=O) groups excluding carboxylic acids is 1. The highest BCUT2D eigenvalue weighted by Gasteiger charge is 2.13. The van der Waals surface area contributed by atoms with Crippen LogP contribution < -0.4 is 5.32 Å². The molecule has 0 saturated carbocycles. The number of nitrogens with zero attached hydrogens (tertiary/aromatic N) is 2. The number of hydrogen-bond acceptors (Lipinski definition) is 3. The molecule has 0 spiro atoms. The van der Waals surface area contributed by atoms with E-state index in [9.17, 15) is 4.79 Å². The van der Waals surface area contributed by atoms with Crippen molar-refractivity contribution in [3.05, 3.63) is 59.9 Å². The van der Waals surface area contributed by atoms with Gasteiger partial charge in [-0.2, -0.15) is 0 Å². The second-order valence-corrected chi connectivity index (χ2v) is 6.19. The number of aromatic nitrogens is 2. The Labute approximate surface area is 147 Å². The van der Waals surface area contributed by atoms with Crippen LogP contribution in [0, 0.1) is 0 Å². The Morgan fingerprint density at radius 2 is 1.92 bits per heavy atom. The van der Waals surface area contributed by atoms with E-state index in [0.29, 0.717) is 6.42 Å². The number of benzene rings is 2. The topological polar surface area (TPSA) is 67.2 Å². The Kier molecular flexibility index (Phi) is 5.14. The van der Waals surface area contributed by atoms with E-state index in [0.717, 1.165) is 34.5 Å². The van der Waals surface area contributed by atoms with Crippen molar-refractivity contribution in [1.82, 2.24) is 14.9 Å². The van der Waals surface area contributed by atoms with Gasteiger partial charge in [0.25, 0.3) is 0 Å². The quantitative estimate of drug-likeness (QED) is 0.726. The molecule has 1 aromatic heterocycles. The SMILES string of the molecule is CC(=O)NC(C)c1ccc(-n2c(CCCO)nc3ccccc32)cc1. The number of para-hydroxylation sites is 2. The molecule has 2 aromatic carbocycles. The first-order valence-corrected chi connectivity index (χ1v) is 8.55. The third-order valence-electron chi connectivity index (χ3n) is 4.26. The van der Waals surface area contributed by atoms with Gasteiger partial charge in [-0.05, 0) is 43.2 Å². The smallest absolute Gasteiger partial charge is 0.217 e. The minimum Gasteiger partial charge on any atom is -0.396 e. The van der Waals surface area contributed by atoms with E-state index in [1.54, 1.807) is 0 Å². The highest BCUT2D eigenvalue weighted by molar-refractivity contribution is 5.78. The molecule has 0 bridgehead atoms. The van der Waals surface area contributed by atoms with Gasteiger partial charge in [-0.3, -0.25) is 9.36 Å². The summed E-state index contributed by atoms with van der Waals surface area (Å²) in [6.45, 7) is 3.64. The van der Waals surface area contributed by atoms with E-state index in [4.69, 9.17) is 10.1 Å². The van der Waals surface area contributed by atoms with Crippen LogP contribution in [0.3, 0.4) is 0 Å². The Morgan fingerprint density at radius 1 is 1.20 bits per heavy atom. The molecule has 0 saturated heterocycles. The number of hydrogen-bond donors (Lipinski definition) is 2. The van der Waals surface area contributed by atoms with Crippen LogP contribution >= 0.6 is 0 Å². The third kappa shape index (κ3) is 3.72. The normalized spacial score (nSPS) is 12.3. The maximum absolute atomic E-state index is 11.2. The first kappa shape index (κ1) is 17.2. The number of rotatable bonds is 6. The molecule has 0 aliphatic heterocycles. The lowest BCUT2D eigenvalue weighted by Crippen LogP contribution is -2.23. The summed E-state index contributed by atoms with van der Waals surface area (Å²) in [5.74, 6) is 0.904. The fourth-order valence-electron chi connectivity index (χ4n) is 3.07. The average molecular weight is 337 g/mol. The summed E-state index contributed by atoms with van der Waals surface area (Å²) < 4.78 is 2.14. The minimum absolute atomic E-state index is 0.0278. The summed E-state index contributed by atoms with van der Waals surface area (Å²) in [5.41, 5.74) is 4.09. The van der Waals surface area contributed by atoms with Crippen LogP contribution in [0.15, 0.2) is 48.5 Å². The molecule has 0 aliphatic rings. The molecule has 1 unspecified atom stereocenters. The number of carbonyl (C=O) groups is 1. The molecule has 1 heterocycles. The van der Waals surface area contributed by atoms with Crippen molar-refractivity contribution in [2.45, 2.75) is 32.7 Å². The summed E-state index contributed by atoms with van der Waals surface area (Å²) in [4.78, 5) is 15.9. The molecule has 0 radical (unpaired) electrons. The van der Waals surface area contributed by atoms with E-state index >= 15 is 0 Å². The van der Waals surface area contributed by atoms with Gasteiger partial charge < -0.3 is 10.4 Å². The lowest BCUT2D eigenvalue weighted by molar-refractivity contribution is -0.119. The molecule has 2 N–H and O–H groups in total. The molecular weight excluding hydrogens is 314 g/mol. The molecule has 5 heteroatoms. The zero-order valence-corrected chi connectivity index (χ0v) is 14.6.